The van der Waals surface area contributed by atoms with Crippen LogP contribution in [0, 0.1) is 0 Å². The molecule has 3 heterocycles. The highest BCUT2D eigenvalue weighted by atomic mass is 16.5. The molecule has 35 heavy (non-hydrogen) atoms. The Morgan fingerprint density at radius 1 is 1.11 bits per heavy atom. The Hall–Kier alpha value is -3.95. The number of benzene rings is 2. The molecule has 0 aliphatic carbocycles. The highest BCUT2D eigenvalue weighted by Gasteiger charge is 2.15. The minimum absolute atomic E-state index is 0.460. The third-order valence-corrected chi connectivity index (χ3v) is 6.28. The summed E-state index contributed by atoms with van der Waals surface area (Å²) in [5, 5.41) is 4.07. The van der Waals surface area contributed by atoms with Crippen LogP contribution in [0.1, 0.15) is 10.4 Å². The van der Waals surface area contributed by atoms with Gasteiger partial charge in [-0.1, -0.05) is 18.2 Å². The van der Waals surface area contributed by atoms with Gasteiger partial charge in [-0.25, -0.2) is 4.98 Å². The molecule has 1 fully saturated rings. The average molecular weight is 472 g/mol. The number of nitrogens with zero attached hydrogens (tertiary/aromatic N) is 5. The Balaban J connectivity index is 1.29. The highest BCUT2D eigenvalue weighted by molar-refractivity contribution is 6.06. The third kappa shape index (κ3) is 5.11. The lowest BCUT2D eigenvalue weighted by atomic mass is 10.2. The largest absolute Gasteiger partial charge is 0.379 e. The number of amides is 1. The third-order valence-electron chi connectivity index (χ3n) is 6.28. The maximum absolute atomic E-state index is 11.9. The van der Waals surface area contributed by atoms with Crippen molar-refractivity contribution in [2.24, 2.45) is 5.73 Å². The van der Waals surface area contributed by atoms with E-state index >= 15 is 0 Å². The zero-order chi connectivity index (χ0) is 24.2. The van der Waals surface area contributed by atoms with E-state index in [1.165, 1.54) is 0 Å². The SMILES string of the molecule is CN(CCN1CCOCC1)c1ccc(Nc2nccc(-n3cc(C(N)=O)c4ccccc43)n2)cc1. The van der Waals surface area contributed by atoms with E-state index in [4.69, 9.17) is 10.5 Å². The van der Waals surface area contributed by atoms with Crippen molar-refractivity contribution in [1.29, 1.82) is 0 Å². The molecule has 1 saturated heterocycles. The second-order valence-corrected chi connectivity index (χ2v) is 8.58. The molecule has 0 unspecified atom stereocenters. The average Bonchev–Trinajstić information content (AvgIpc) is 3.29. The van der Waals surface area contributed by atoms with Gasteiger partial charge in [0.05, 0.1) is 24.3 Å². The van der Waals surface area contributed by atoms with Gasteiger partial charge in [-0.2, -0.15) is 4.98 Å². The molecule has 0 radical (unpaired) electrons. The zero-order valence-electron chi connectivity index (χ0n) is 19.7. The van der Waals surface area contributed by atoms with E-state index in [0.29, 0.717) is 17.3 Å². The lowest BCUT2D eigenvalue weighted by Crippen LogP contribution is -2.40. The molecule has 180 valence electrons. The van der Waals surface area contributed by atoms with Crippen molar-refractivity contribution in [3.63, 3.8) is 0 Å². The van der Waals surface area contributed by atoms with Gasteiger partial charge in [0.15, 0.2) is 0 Å². The summed E-state index contributed by atoms with van der Waals surface area (Å²) < 4.78 is 7.28. The number of fused-ring (bicyclic) bond motifs is 1. The minimum atomic E-state index is -0.470. The first-order valence-electron chi connectivity index (χ1n) is 11.7. The van der Waals surface area contributed by atoms with Gasteiger partial charge in [-0.3, -0.25) is 9.69 Å². The van der Waals surface area contributed by atoms with Crippen molar-refractivity contribution in [3.05, 3.63) is 72.6 Å². The molecule has 1 aliphatic rings. The maximum atomic E-state index is 11.9. The van der Waals surface area contributed by atoms with E-state index < -0.39 is 5.91 Å². The van der Waals surface area contributed by atoms with Crippen LogP contribution in [0.4, 0.5) is 17.3 Å². The summed E-state index contributed by atoms with van der Waals surface area (Å²) in [6, 6.07) is 17.6. The van der Waals surface area contributed by atoms with Crippen LogP contribution in [0.3, 0.4) is 0 Å². The van der Waals surface area contributed by atoms with Crippen molar-refractivity contribution in [3.8, 4) is 5.82 Å². The molecule has 1 amide bonds. The van der Waals surface area contributed by atoms with Crippen LogP contribution < -0.4 is 16.0 Å². The van der Waals surface area contributed by atoms with E-state index in [0.717, 1.165) is 61.7 Å². The Kier molecular flexibility index (Phi) is 6.60. The van der Waals surface area contributed by atoms with Crippen LogP contribution in [0.15, 0.2) is 67.0 Å². The number of carbonyl (C=O) groups excluding carboxylic acids is 1. The molecular formula is C26H29N7O2. The van der Waals surface area contributed by atoms with Gasteiger partial charge in [-0.15, -0.1) is 0 Å². The molecule has 0 atom stereocenters. The summed E-state index contributed by atoms with van der Waals surface area (Å²) in [4.78, 5) is 25.6. The summed E-state index contributed by atoms with van der Waals surface area (Å²) in [5.74, 6) is 0.641. The van der Waals surface area contributed by atoms with Crippen molar-refractivity contribution < 1.29 is 9.53 Å². The van der Waals surface area contributed by atoms with Gasteiger partial charge < -0.3 is 25.3 Å². The summed E-state index contributed by atoms with van der Waals surface area (Å²) in [5.41, 5.74) is 8.94. The molecule has 3 N–H and O–H groups in total. The first-order chi connectivity index (χ1) is 17.1. The number of nitrogens with one attached hydrogen (secondary N) is 1. The standard InChI is InChI=1S/C26H29N7O2/c1-31(12-13-32-14-16-35-17-15-32)20-8-6-19(7-9-20)29-26-28-11-10-24(30-26)33-18-22(25(27)34)21-4-2-3-5-23(21)33/h2-11,18H,12-17H2,1H3,(H2,27,34)(H,28,29,30). The Bertz CT molecular complexity index is 1310. The molecule has 2 aromatic carbocycles. The van der Waals surface area contributed by atoms with Gasteiger partial charge in [0, 0.05) is 62.4 Å². The lowest BCUT2D eigenvalue weighted by molar-refractivity contribution is 0.0393. The van der Waals surface area contributed by atoms with Gasteiger partial charge in [0.1, 0.15) is 5.82 Å². The normalized spacial score (nSPS) is 14.2. The van der Waals surface area contributed by atoms with Crippen LogP contribution in [0.5, 0.6) is 0 Å². The topological polar surface area (TPSA) is 102 Å². The minimum Gasteiger partial charge on any atom is -0.379 e. The fraction of sp³-hybridized carbons (Fsp3) is 0.269. The zero-order valence-corrected chi connectivity index (χ0v) is 19.7. The number of morpholine rings is 1. The van der Waals surface area contributed by atoms with Gasteiger partial charge in [0.25, 0.3) is 5.91 Å². The highest BCUT2D eigenvalue weighted by Crippen LogP contribution is 2.25. The number of hydrogen-bond acceptors (Lipinski definition) is 7. The monoisotopic (exact) mass is 471 g/mol. The molecule has 1 aliphatic heterocycles. The second-order valence-electron chi connectivity index (χ2n) is 8.58. The number of anilines is 3. The van der Waals surface area contributed by atoms with Crippen molar-refractivity contribution in [2.75, 3.05) is 56.7 Å². The molecule has 4 aromatic rings. The van der Waals surface area contributed by atoms with Crippen LogP contribution in [0.2, 0.25) is 0 Å². The van der Waals surface area contributed by atoms with E-state index in [2.05, 4.69) is 44.3 Å². The number of nitrogens with two attached hydrogens (primary N) is 1. The van der Waals surface area contributed by atoms with Crippen LogP contribution >= 0.6 is 0 Å². The molecule has 2 aromatic heterocycles. The molecule has 0 saturated carbocycles. The van der Waals surface area contributed by atoms with E-state index in [9.17, 15) is 4.79 Å². The quantitative estimate of drug-likeness (QED) is 0.407. The number of aromatic nitrogens is 3. The van der Waals surface area contributed by atoms with Crippen molar-refractivity contribution in [1.82, 2.24) is 19.4 Å². The molecule has 9 nitrogen and oxygen atoms in total. The van der Waals surface area contributed by atoms with Crippen molar-refractivity contribution in [2.45, 2.75) is 0 Å². The fourth-order valence-electron chi connectivity index (χ4n) is 4.28. The second kappa shape index (κ2) is 10.1. The number of hydrogen-bond donors (Lipinski definition) is 2. The van der Waals surface area contributed by atoms with Gasteiger partial charge >= 0.3 is 0 Å². The van der Waals surface area contributed by atoms with Crippen molar-refractivity contribution >= 4 is 34.1 Å². The van der Waals surface area contributed by atoms with Gasteiger partial charge in [-0.05, 0) is 36.4 Å². The predicted octanol–water partition coefficient (Wildman–Crippen LogP) is 3.03. The maximum Gasteiger partial charge on any atom is 0.250 e. The van der Waals surface area contributed by atoms with Crippen LogP contribution in [-0.2, 0) is 4.74 Å². The first kappa shape index (κ1) is 22.8. The number of rotatable bonds is 8. The summed E-state index contributed by atoms with van der Waals surface area (Å²) in [6.45, 7) is 5.61. The Morgan fingerprint density at radius 2 is 1.89 bits per heavy atom. The Labute approximate surface area is 204 Å². The molecule has 9 heteroatoms. The number of para-hydroxylation sites is 1. The van der Waals surface area contributed by atoms with E-state index in [1.54, 1.807) is 18.5 Å². The van der Waals surface area contributed by atoms with E-state index in [1.807, 2.05) is 41.0 Å². The summed E-state index contributed by atoms with van der Waals surface area (Å²) in [7, 11) is 2.11. The fourth-order valence-corrected chi connectivity index (χ4v) is 4.28. The molecule has 5 rings (SSSR count). The summed E-state index contributed by atoms with van der Waals surface area (Å²) >= 11 is 0. The smallest absolute Gasteiger partial charge is 0.250 e. The van der Waals surface area contributed by atoms with E-state index in [-0.39, 0.29) is 0 Å². The number of carbonyl (C=O) groups is 1. The van der Waals surface area contributed by atoms with Crippen LogP contribution in [-0.4, -0.2) is 71.8 Å². The van der Waals surface area contributed by atoms with Crippen LogP contribution in [0.25, 0.3) is 16.7 Å². The Morgan fingerprint density at radius 3 is 2.66 bits per heavy atom. The number of primary amides is 1. The molecule has 0 bridgehead atoms. The van der Waals surface area contributed by atoms with Gasteiger partial charge in [0.2, 0.25) is 5.95 Å². The molecular weight excluding hydrogens is 442 g/mol. The first-order valence-corrected chi connectivity index (χ1v) is 11.7. The molecule has 0 spiro atoms. The summed E-state index contributed by atoms with van der Waals surface area (Å²) in [6.07, 6.45) is 3.41. The number of likely N-dealkylation sites (N-methyl/N-ethyl adjacent to an activating group) is 1. The lowest BCUT2D eigenvalue weighted by Gasteiger charge is -2.29. The number of ether oxygens (including phenoxy) is 1. The predicted molar refractivity (Wildman–Crippen MR) is 138 cm³/mol.